The standard InChI is InChI=1S/C18H41N3/c1-7-20(8-2)15-11-13-17(5)19-18(6)14-12-16-21(9-3)10-4/h17-19H,7-16H2,1-6H3/t17-,18-/m1/s1. The number of nitrogens with one attached hydrogen (secondary N) is 1. The molecule has 1 N–H and O–H groups in total. The zero-order valence-corrected chi connectivity index (χ0v) is 15.6. The van der Waals surface area contributed by atoms with Gasteiger partial charge in [-0.05, 0) is 78.8 Å². The van der Waals surface area contributed by atoms with Crippen LogP contribution < -0.4 is 5.32 Å². The van der Waals surface area contributed by atoms with Gasteiger partial charge in [-0.15, -0.1) is 0 Å². The molecular weight excluding hydrogens is 258 g/mol. The minimum atomic E-state index is 0.643. The molecule has 0 amide bonds. The Morgan fingerprint density at radius 1 is 0.667 bits per heavy atom. The molecular formula is C18H41N3. The Balaban J connectivity index is 3.66. The van der Waals surface area contributed by atoms with Crippen molar-refractivity contribution in [3.8, 4) is 0 Å². The van der Waals surface area contributed by atoms with Crippen molar-refractivity contribution in [3.63, 3.8) is 0 Å². The number of rotatable bonds is 14. The van der Waals surface area contributed by atoms with Crippen LogP contribution in [0.15, 0.2) is 0 Å². The summed E-state index contributed by atoms with van der Waals surface area (Å²) in [6, 6.07) is 1.29. The van der Waals surface area contributed by atoms with E-state index in [1.165, 1.54) is 65.0 Å². The maximum absolute atomic E-state index is 3.76. The first kappa shape index (κ1) is 20.9. The molecule has 3 nitrogen and oxygen atoms in total. The highest BCUT2D eigenvalue weighted by atomic mass is 15.1. The molecule has 21 heavy (non-hydrogen) atoms. The van der Waals surface area contributed by atoms with E-state index in [4.69, 9.17) is 0 Å². The summed E-state index contributed by atoms with van der Waals surface area (Å²) < 4.78 is 0. The molecule has 0 aliphatic heterocycles. The van der Waals surface area contributed by atoms with Crippen LogP contribution in [-0.4, -0.2) is 61.2 Å². The van der Waals surface area contributed by atoms with Crippen LogP contribution in [0, 0.1) is 0 Å². The molecule has 0 aliphatic rings. The number of hydrogen-bond acceptors (Lipinski definition) is 3. The van der Waals surface area contributed by atoms with E-state index < -0.39 is 0 Å². The summed E-state index contributed by atoms with van der Waals surface area (Å²) in [7, 11) is 0. The highest BCUT2D eigenvalue weighted by molar-refractivity contribution is 4.69. The number of hydrogen-bond donors (Lipinski definition) is 1. The Morgan fingerprint density at radius 2 is 1.00 bits per heavy atom. The predicted molar refractivity (Wildman–Crippen MR) is 96.1 cm³/mol. The minimum Gasteiger partial charge on any atom is -0.312 e. The van der Waals surface area contributed by atoms with Crippen LogP contribution in [0.1, 0.15) is 67.2 Å². The van der Waals surface area contributed by atoms with Gasteiger partial charge in [-0.1, -0.05) is 27.7 Å². The third-order valence-electron chi connectivity index (χ3n) is 4.58. The van der Waals surface area contributed by atoms with Crippen LogP contribution in [0.25, 0.3) is 0 Å². The fourth-order valence-electron chi connectivity index (χ4n) is 2.97. The first-order valence-electron chi connectivity index (χ1n) is 9.27. The first-order chi connectivity index (χ1) is 10.1. The van der Waals surface area contributed by atoms with Gasteiger partial charge in [-0.2, -0.15) is 0 Å². The van der Waals surface area contributed by atoms with Gasteiger partial charge in [0, 0.05) is 12.1 Å². The van der Waals surface area contributed by atoms with Crippen molar-refractivity contribution in [3.05, 3.63) is 0 Å². The van der Waals surface area contributed by atoms with Crippen molar-refractivity contribution in [2.75, 3.05) is 39.3 Å². The van der Waals surface area contributed by atoms with Gasteiger partial charge >= 0.3 is 0 Å². The molecule has 0 spiro atoms. The minimum absolute atomic E-state index is 0.643. The van der Waals surface area contributed by atoms with E-state index in [2.05, 4.69) is 56.7 Å². The Morgan fingerprint density at radius 3 is 1.29 bits per heavy atom. The molecule has 0 saturated heterocycles. The van der Waals surface area contributed by atoms with Gasteiger partial charge in [-0.3, -0.25) is 0 Å². The SMILES string of the molecule is CCN(CC)CCC[C@@H](C)N[C@H](C)CCCN(CC)CC. The molecule has 0 aromatic heterocycles. The fourth-order valence-corrected chi connectivity index (χ4v) is 2.97. The lowest BCUT2D eigenvalue weighted by molar-refractivity contribution is 0.279. The van der Waals surface area contributed by atoms with E-state index in [-0.39, 0.29) is 0 Å². The van der Waals surface area contributed by atoms with Crippen molar-refractivity contribution in [2.45, 2.75) is 79.3 Å². The van der Waals surface area contributed by atoms with E-state index >= 15 is 0 Å². The topological polar surface area (TPSA) is 18.5 Å². The zero-order valence-electron chi connectivity index (χ0n) is 15.6. The fraction of sp³-hybridized carbons (Fsp3) is 1.00. The summed E-state index contributed by atoms with van der Waals surface area (Å²) >= 11 is 0. The quantitative estimate of drug-likeness (QED) is 0.529. The normalized spacial score (nSPS) is 14.9. The van der Waals surface area contributed by atoms with Gasteiger partial charge in [0.15, 0.2) is 0 Å². The summed E-state index contributed by atoms with van der Waals surface area (Å²) in [5.74, 6) is 0. The van der Waals surface area contributed by atoms with E-state index in [0.29, 0.717) is 12.1 Å². The van der Waals surface area contributed by atoms with E-state index in [9.17, 15) is 0 Å². The molecule has 0 radical (unpaired) electrons. The second-order valence-corrected chi connectivity index (χ2v) is 6.31. The molecule has 0 fully saturated rings. The van der Waals surface area contributed by atoms with Gasteiger partial charge in [0.1, 0.15) is 0 Å². The highest BCUT2D eigenvalue weighted by Gasteiger charge is 2.08. The smallest absolute Gasteiger partial charge is 0.00416 e. The Labute approximate surface area is 134 Å². The van der Waals surface area contributed by atoms with E-state index in [1.54, 1.807) is 0 Å². The molecule has 2 atom stereocenters. The summed E-state index contributed by atoms with van der Waals surface area (Å²) in [5, 5.41) is 3.76. The molecule has 3 heteroatoms. The predicted octanol–water partition coefficient (Wildman–Crippen LogP) is 3.60. The van der Waals surface area contributed by atoms with Crippen LogP contribution in [-0.2, 0) is 0 Å². The molecule has 0 bridgehead atoms. The molecule has 0 aliphatic carbocycles. The van der Waals surface area contributed by atoms with Crippen LogP contribution in [0.5, 0.6) is 0 Å². The van der Waals surface area contributed by atoms with Crippen LogP contribution in [0.4, 0.5) is 0 Å². The third-order valence-corrected chi connectivity index (χ3v) is 4.58. The lowest BCUT2D eigenvalue weighted by Gasteiger charge is -2.23. The summed E-state index contributed by atoms with van der Waals surface area (Å²) in [4.78, 5) is 5.03. The van der Waals surface area contributed by atoms with Gasteiger partial charge in [-0.25, -0.2) is 0 Å². The summed E-state index contributed by atoms with van der Waals surface area (Å²) in [6.07, 6.45) is 5.19. The van der Waals surface area contributed by atoms with Gasteiger partial charge in [0.05, 0.1) is 0 Å². The average molecular weight is 300 g/mol. The molecule has 0 aromatic rings. The molecule has 0 aromatic carbocycles. The molecule has 0 saturated carbocycles. The van der Waals surface area contributed by atoms with E-state index in [1.807, 2.05) is 0 Å². The Kier molecular flexibility index (Phi) is 13.5. The zero-order chi connectivity index (χ0) is 16.1. The molecule has 0 rings (SSSR count). The maximum atomic E-state index is 3.76. The summed E-state index contributed by atoms with van der Waals surface area (Å²) in [6.45, 7) is 20.9. The van der Waals surface area contributed by atoms with Crippen molar-refractivity contribution >= 4 is 0 Å². The largest absolute Gasteiger partial charge is 0.312 e. The maximum Gasteiger partial charge on any atom is 0.00416 e. The van der Waals surface area contributed by atoms with Crippen LogP contribution in [0.2, 0.25) is 0 Å². The molecule has 0 unspecified atom stereocenters. The Hall–Kier alpha value is -0.120. The molecule has 0 heterocycles. The van der Waals surface area contributed by atoms with Crippen molar-refractivity contribution < 1.29 is 0 Å². The average Bonchev–Trinajstić information content (AvgIpc) is 2.48. The van der Waals surface area contributed by atoms with Gasteiger partial charge in [0.25, 0.3) is 0 Å². The van der Waals surface area contributed by atoms with Crippen LogP contribution in [0.3, 0.4) is 0 Å². The van der Waals surface area contributed by atoms with Crippen molar-refractivity contribution in [2.24, 2.45) is 0 Å². The third kappa shape index (κ3) is 11.1. The second kappa shape index (κ2) is 13.5. The lowest BCUT2D eigenvalue weighted by Crippen LogP contribution is -2.36. The molecule has 128 valence electrons. The second-order valence-electron chi connectivity index (χ2n) is 6.31. The first-order valence-corrected chi connectivity index (χ1v) is 9.27. The Bertz CT molecular complexity index is 191. The monoisotopic (exact) mass is 299 g/mol. The van der Waals surface area contributed by atoms with Crippen LogP contribution >= 0.6 is 0 Å². The van der Waals surface area contributed by atoms with E-state index in [0.717, 1.165) is 0 Å². The van der Waals surface area contributed by atoms with Gasteiger partial charge in [0.2, 0.25) is 0 Å². The lowest BCUT2D eigenvalue weighted by atomic mass is 10.1. The van der Waals surface area contributed by atoms with Crippen molar-refractivity contribution in [1.82, 2.24) is 15.1 Å². The van der Waals surface area contributed by atoms with Gasteiger partial charge < -0.3 is 15.1 Å². The number of nitrogens with zero attached hydrogens (tertiary/aromatic N) is 2. The highest BCUT2D eigenvalue weighted by Crippen LogP contribution is 2.04. The summed E-state index contributed by atoms with van der Waals surface area (Å²) in [5.41, 5.74) is 0. The van der Waals surface area contributed by atoms with Crippen molar-refractivity contribution in [1.29, 1.82) is 0 Å².